The van der Waals surface area contributed by atoms with E-state index >= 15 is 0 Å². The van der Waals surface area contributed by atoms with Crippen molar-refractivity contribution in [3.05, 3.63) is 27.7 Å². The second-order valence-corrected chi connectivity index (χ2v) is 11.2. The van der Waals surface area contributed by atoms with Crippen molar-refractivity contribution < 1.29 is 24.7 Å². The summed E-state index contributed by atoms with van der Waals surface area (Å²) in [5, 5.41) is 26.2. The molecule has 0 aromatic carbocycles. The lowest BCUT2D eigenvalue weighted by Crippen LogP contribution is -2.71. The summed E-state index contributed by atoms with van der Waals surface area (Å²) in [4.78, 5) is 51.0. The monoisotopic (exact) mass is 555 g/mol. The average Bonchev–Trinajstić information content (AvgIpc) is 3.22. The summed E-state index contributed by atoms with van der Waals surface area (Å²) in [6, 6.07) is 0.422. The molecular weight excluding hydrogens is 539 g/mol. The maximum absolute atomic E-state index is 12.8. The Morgan fingerprint density at radius 2 is 1.94 bits per heavy atom. The van der Waals surface area contributed by atoms with Crippen molar-refractivity contribution in [3.8, 4) is 0 Å². The second-order valence-electron chi connectivity index (χ2n) is 6.86. The number of carbonyl (C=O) groups is 3. The van der Waals surface area contributed by atoms with Gasteiger partial charge in [0.05, 0.1) is 5.08 Å². The van der Waals surface area contributed by atoms with Gasteiger partial charge in [0.25, 0.3) is 11.8 Å². The first kappa shape index (κ1) is 24.9. The van der Waals surface area contributed by atoms with Gasteiger partial charge in [-0.1, -0.05) is 16.9 Å². The number of hydrogen-bond acceptors (Lipinski definition) is 15. The number of fused-ring (bicyclic) bond motifs is 1. The van der Waals surface area contributed by atoms with E-state index in [1.165, 1.54) is 46.7 Å². The number of carboxylic acid groups (broad SMARTS) is 1. The molecular formula is C17H17N9O5S4. The molecule has 14 nitrogen and oxygen atoms in total. The highest BCUT2D eigenvalue weighted by Gasteiger charge is 2.54. The number of nitrogen functional groups attached to an aromatic ring is 3. The normalized spacial score (nSPS) is 19.8. The van der Waals surface area contributed by atoms with Crippen LogP contribution in [-0.2, 0) is 14.4 Å². The number of carbonyl (C=O) groups excluding carboxylic acids is 2. The van der Waals surface area contributed by atoms with Crippen molar-refractivity contribution in [1.82, 2.24) is 25.2 Å². The minimum atomic E-state index is -1.26. The third-order valence-electron chi connectivity index (χ3n) is 4.67. The van der Waals surface area contributed by atoms with E-state index in [9.17, 15) is 24.7 Å². The van der Waals surface area contributed by atoms with Crippen LogP contribution in [0.2, 0.25) is 0 Å². The number of thioether (sulfide) groups is 3. The molecule has 1 saturated heterocycles. The highest BCUT2D eigenvalue weighted by molar-refractivity contribution is 8.18. The van der Waals surface area contributed by atoms with Crippen LogP contribution in [0, 0.1) is 0 Å². The van der Waals surface area contributed by atoms with E-state index in [1.807, 2.05) is 0 Å². The molecule has 0 saturated carbocycles. The number of aliphatic carboxylic acids is 1. The highest BCUT2D eigenvalue weighted by Crippen LogP contribution is 2.44. The molecule has 4 heterocycles. The number of aromatic nitrogens is 3. The quantitative estimate of drug-likeness (QED) is 0.0480. The van der Waals surface area contributed by atoms with E-state index in [0.29, 0.717) is 20.9 Å². The lowest BCUT2D eigenvalue weighted by atomic mass is 10.0. The maximum Gasteiger partial charge on any atom is 0.353 e. The Bertz CT molecular complexity index is 1250. The van der Waals surface area contributed by atoms with Gasteiger partial charge in [-0.2, -0.15) is 0 Å². The number of hydrogen-bond donors (Lipinski definition) is 6. The molecule has 18 heteroatoms. The summed E-state index contributed by atoms with van der Waals surface area (Å²) in [6.45, 7) is 0. The molecule has 2 aliphatic rings. The number of nitrogens with two attached hydrogens (primary N) is 3. The topological polar surface area (TPSA) is 236 Å². The van der Waals surface area contributed by atoms with Gasteiger partial charge in [-0.25, -0.2) is 19.7 Å². The van der Waals surface area contributed by atoms with Crippen molar-refractivity contribution in [1.29, 1.82) is 0 Å². The van der Waals surface area contributed by atoms with Gasteiger partial charge >= 0.3 is 5.97 Å². The fourth-order valence-electron chi connectivity index (χ4n) is 3.20. The lowest BCUT2D eigenvalue weighted by Gasteiger charge is -2.49. The first-order chi connectivity index (χ1) is 16.7. The SMILES string of the molecule is Nc1cc(N)nc(SCSC2=C(C(=O)O)N3C(=O)C(NC(=O)C(=NO)c4csc(N)n4)C3SC2)n1. The van der Waals surface area contributed by atoms with Crippen LogP contribution in [0.1, 0.15) is 5.69 Å². The molecule has 2 amide bonds. The maximum atomic E-state index is 12.8. The van der Waals surface area contributed by atoms with Gasteiger partial charge < -0.3 is 32.8 Å². The number of anilines is 3. The fourth-order valence-corrected chi connectivity index (χ4v) is 7.37. The lowest BCUT2D eigenvalue weighted by molar-refractivity contribution is -0.150. The molecule has 2 unspecified atom stereocenters. The van der Waals surface area contributed by atoms with E-state index in [2.05, 4.69) is 25.4 Å². The van der Waals surface area contributed by atoms with Crippen LogP contribution in [0.25, 0.3) is 0 Å². The molecule has 184 valence electrons. The van der Waals surface area contributed by atoms with Gasteiger partial charge in [0, 0.05) is 22.1 Å². The smallest absolute Gasteiger partial charge is 0.353 e. The molecule has 2 atom stereocenters. The van der Waals surface area contributed by atoms with Crippen LogP contribution in [-0.4, -0.2) is 75.9 Å². The molecule has 2 aromatic rings. The summed E-state index contributed by atoms with van der Waals surface area (Å²) in [5.74, 6) is -1.95. The number of nitrogens with zero attached hydrogens (tertiary/aromatic N) is 5. The molecule has 2 aromatic heterocycles. The predicted molar refractivity (Wildman–Crippen MR) is 134 cm³/mol. The van der Waals surface area contributed by atoms with Crippen LogP contribution in [0.4, 0.5) is 16.8 Å². The Labute approximate surface area is 213 Å². The zero-order chi connectivity index (χ0) is 25.3. The molecule has 1 fully saturated rings. The van der Waals surface area contributed by atoms with E-state index in [0.717, 1.165) is 16.2 Å². The summed E-state index contributed by atoms with van der Waals surface area (Å²) >= 11 is 4.81. The fraction of sp³-hybridized carbons (Fsp3) is 0.235. The molecule has 2 aliphatic heterocycles. The second kappa shape index (κ2) is 10.2. The van der Waals surface area contributed by atoms with E-state index < -0.39 is 34.9 Å². The molecule has 0 aliphatic carbocycles. The zero-order valence-electron chi connectivity index (χ0n) is 17.4. The van der Waals surface area contributed by atoms with Crippen LogP contribution in [0.5, 0.6) is 0 Å². The third kappa shape index (κ3) is 5.09. The molecule has 35 heavy (non-hydrogen) atoms. The van der Waals surface area contributed by atoms with Gasteiger partial charge in [0.1, 0.15) is 34.4 Å². The summed E-state index contributed by atoms with van der Waals surface area (Å²) < 4.78 is 0. The van der Waals surface area contributed by atoms with Crippen molar-refractivity contribution in [2.45, 2.75) is 16.6 Å². The molecule has 0 bridgehead atoms. The highest BCUT2D eigenvalue weighted by atomic mass is 32.2. The minimum Gasteiger partial charge on any atom is -0.477 e. The van der Waals surface area contributed by atoms with E-state index in [4.69, 9.17) is 17.2 Å². The number of thiazole rings is 1. The first-order valence-electron chi connectivity index (χ1n) is 9.50. The number of oxime groups is 1. The van der Waals surface area contributed by atoms with Crippen molar-refractivity contribution >= 4 is 86.9 Å². The molecule has 9 N–H and O–H groups in total. The van der Waals surface area contributed by atoms with Gasteiger partial charge in [-0.3, -0.25) is 14.5 Å². The average molecular weight is 556 g/mol. The van der Waals surface area contributed by atoms with Crippen LogP contribution in [0.3, 0.4) is 0 Å². The van der Waals surface area contributed by atoms with Crippen molar-refractivity contribution in [3.63, 3.8) is 0 Å². The van der Waals surface area contributed by atoms with Crippen molar-refractivity contribution in [2.24, 2.45) is 5.16 Å². The number of β-lactam (4-membered cyclic amide) rings is 1. The number of carboxylic acids is 1. The van der Waals surface area contributed by atoms with E-state index in [-0.39, 0.29) is 28.2 Å². The number of nitrogens with one attached hydrogen (secondary N) is 1. The largest absolute Gasteiger partial charge is 0.477 e. The van der Waals surface area contributed by atoms with Gasteiger partial charge in [0.15, 0.2) is 16.0 Å². The Morgan fingerprint density at radius 1 is 1.23 bits per heavy atom. The molecule has 0 radical (unpaired) electrons. The summed E-state index contributed by atoms with van der Waals surface area (Å²) in [7, 11) is 0. The number of rotatable bonds is 8. The molecule has 4 rings (SSSR count). The Morgan fingerprint density at radius 3 is 2.54 bits per heavy atom. The Balaban J connectivity index is 1.44. The van der Waals surface area contributed by atoms with Gasteiger partial charge in [-0.05, 0) is 0 Å². The Hall–Kier alpha value is -3.22. The van der Waals surface area contributed by atoms with Gasteiger partial charge in [0.2, 0.25) is 0 Å². The predicted octanol–water partition coefficient (Wildman–Crippen LogP) is 0.0371. The molecule has 0 spiro atoms. The zero-order valence-corrected chi connectivity index (χ0v) is 20.7. The Kier molecular flexibility index (Phi) is 7.24. The van der Waals surface area contributed by atoms with Crippen molar-refractivity contribution in [2.75, 3.05) is 28.0 Å². The summed E-state index contributed by atoms with van der Waals surface area (Å²) in [5.41, 5.74) is 16.4. The van der Waals surface area contributed by atoms with Crippen LogP contribution in [0.15, 0.2) is 32.4 Å². The number of amides is 2. The third-order valence-corrected chi connectivity index (χ3v) is 8.87. The van der Waals surface area contributed by atoms with Crippen LogP contribution < -0.4 is 22.5 Å². The summed E-state index contributed by atoms with van der Waals surface area (Å²) in [6.07, 6.45) is 0. The van der Waals surface area contributed by atoms with E-state index in [1.54, 1.807) is 0 Å². The first-order valence-corrected chi connectivity index (χ1v) is 13.4. The van der Waals surface area contributed by atoms with Crippen LogP contribution >= 0.6 is 46.6 Å². The standard InChI is InChI=1S/C17H17N9O5S4/c18-7-1-8(19)23-17(22-7)35-4-34-6-3-32-14-10(13(28)26(14)11(6)15(29)30)24-12(27)9(25-31)5-2-33-16(20)21-5/h1-2,10,14,31H,3-4H2,(H2,20,21)(H,24,27)(H,29,30)(H4,18,19,22,23). The van der Waals surface area contributed by atoms with Gasteiger partial charge in [-0.15, -0.1) is 34.9 Å². The minimum absolute atomic E-state index is 0.0561.